The highest BCUT2D eigenvalue weighted by molar-refractivity contribution is 7.80. The SMILES string of the molecule is S=C1N[C@H](c2ccccn2)[C@H](c2cccn2-c2cccnc2)N1CCCN1CCOCC1. The van der Waals surface area contributed by atoms with Crippen LogP contribution < -0.4 is 5.32 Å². The van der Waals surface area contributed by atoms with Crippen molar-refractivity contribution in [2.45, 2.75) is 18.5 Å². The van der Waals surface area contributed by atoms with E-state index in [1.807, 2.05) is 30.6 Å². The van der Waals surface area contributed by atoms with Gasteiger partial charge in [-0.25, -0.2) is 0 Å². The Bertz CT molecular complexity index is 1020. The van der Waals surface area contributed by atoms with Gasteiger partial charge in [-0.3, -0.25) is 14.9 Å². The molecule has 2 aliphatic rings. The lowest BCUT2D eigenvalue weighted by molar-refractivity contribution is 0.0365. The zero-order valence-corrected chi connectivity index (χ0v) is 18.8. The Kier molecular flexibility index (Phi) is 6.43. The predicted molar refractivity (Wildman–Crippen MR) is 128 cm³/mol. The summed E-state index contributed by atoms with van der Waals surface area (Å²) < 4.78 is 7.69. The standard InChI is InChI=1S/C24H28N6OS/c32-24-27-22(20-7-1-2-10-26-20)23(30(24)13-5-11-28-14-16-31-17-15-28)21-8-4-12-29(21)19-6-3-9-25-18-19/h1-4,6-10,12,18,22-23H,5,11,13-17H2,(H,27,32)/t22-,23+/m1/s1. The molecule has 0 spiro atoms. The van der Waals surface area contributed by atoms with Gasteiger partial charge in [-0.15, -0.1) is 0 Å². The smallest absolute Gasteiger partial charge is 0.170 e. The van der Waals surface area contributed by atoms with Crippen LogP contribution in [0, 0.1) is 0 Å². The Balaban J connectivity index is 1.43. The van der Waals surface area contributed by atoms with Gasteiger partial charge in [0.2, 0.25) is 0 Å². The predicted octanol–water partition coefficient (Wildman–Crippen LogP) is 2.96. The molecule has 0 unspecified atom stereocenters. The van der Waals surface area contributed by atoms with Crippen LogP contribution in [0.2, 0.25) is 0 Å². The molecule has 5 rings (SSSR count). The molecule has 32 heavy (non-hydrogen) atoms. The zero-order chi connectivity index (χ0) is 21.8. The van der Waals surface area contributed by atoms with Crippen LogP contribution in [-0.2, 0) is 4.74 Å². The second kappa shape index (κ2) is 9.77. The highest BCUT2D eigenvalue weighted by atomic mass is 32.1. The summed E-state index contributed by atoms with van der Waals surface area (Å²) in [5.41, 5.74) is 3.21. The number of hydrogen-bond acceptors (Lipinski definition) is 5. The first-order valence-electron chi connectivity index (χ1n) is 11.2. The van der Waals surface area contributed by atoms with Crippen LogP contribution in [0.5, 0.6) is 0 Å². The number of aromatic nitrogens is 3. The van der Waals surface area contributed by atoms with Gasteiger partial charge in [0.05, 0.1) is 42.9 Å². The molecule has 2 atom stereocenters. The van der Waals surface area contributed by atoms with Gasteiger partial charge in [0, 0.05) is 50.5 Å². The van der Waals surface area contributed by atoms with E-state index in [1.54, 1.807) is 6.20 Å². The number of nitrogens with zero attached hydrogens (tertiary/aromatic N) is 5. The van der Waals surface area contributed by atoms with Gasteiger partial charge in [-0.05, 0) is 55.0 Å². The fraction of sp³-hybridized carbons (Fsp3) is 0.375. The van der Waals surface area contributed by atoms with E-state index >= 15 is 0 Å². The normalized spacial score (nSPS) is 21.6. The van der Waals surface area contributed by atoms with Crippen molar-refractivity contribution in [2.24, 2.45) is 0 Å². The lowest BCUT2D eigenvalue weighted by Crippen LogP contribution is -2.39. The van der Waals surface area contributed by atoms with E-state index < -0.39 is 0 Å². The van der Waals surface area contributed by atoms with Gasteiger partial charge in [-0.1, -0.05) is 6.07 Å². The summed E-state index contributed by atoms with van der Waals surface area (Å²) in [7, 11) is 0. The van der Waals surface area contributed by atoms with Crippen molar-refractivity contribution in [3.63, 3.8) is 0 Å². The number of rotatable bonds is 7. The molecule has 5 heterocycles. The van der Waals surface area contributed by atoms with Crippen molar-refractivity contribution in [1.29, 1.82) is 0 Å². The van der Waals surface area contributed by atoms with E-state index in [0.29, 0.717) is 0 Å². The van der Waals surface area contributed by atoms with Crippen LogP contribution in [0.3, 0.4) is 0 Å². The fourth-order valence-corrected chi connectivity index (χ4v) is 4.96. The van der Waals surface area contributed by atoms with E-state index in [2.05, 4.69) is 60.1 Å². The maximum absolute atomic E-state index is 5.83. The molecule has 0 bridgehead atoms. The molecule has 1 N–H and O–H groups in total. The summed E-state index contributed by atoms with van der Waals surface area (Å²) in [5.74, 6) is 0. The van der Waals surface area contributed by atoms with Crippen molar-refractivity contribution in [1.82, 2.24) is 29.7 Å². The van der Waals surface area contributed by atoms with Crippen molar-refractivity contribution in [2.75, 3.05) is 39.4 Å². The minimum absolute atomic E-state index is 0.0163. The van der Waals surface area contributed by atoms with E-state index in [0.717, 1.165) is 62.3 Å². The first kappa shape index (κ1) is 21.1. The average molecular weight is 449 g/mol. The fourth-order valence-electron chi connectivity index (χ4n) is 4.62. The summed E-state index contributed by atoms with van der Waals surface area (Å²) in [4.78, 5) is 13.8. The number of hydrogen-bond donors (Lipinski definition) is 1. The first-order valence-corrected chi connectivity index (χ1v) is 11.6. The maximum Gasteiger partial charge on any atom is 0.170 e. The number of morpholine rings is 1. The molecule has 0 aromatic carbocycles. The van der Waals surface area contributed by atoms with Gasteiger partial charge < -0.3 is 19.5 Å². The van der Waals surface area contributed by atoms with Crippen molar-refractivity contribution in [3.8, 4) is 5.69 Å². The Hall–Kier alpha value is -2.81. The average Bonchev–Trinajstić information content (AvgIpc) is 3.45. The molecular formula is C24H28N6OS. The van der Waals surface area contributed by atoms with Gasteiger partial charge >= 0.3 is 0 Å². The van der Waals surface area contributed by atoms with E-state index in [9.17, 15) is 0 Å². The molecule has 0 amide bonds. The molecule has 0 radical (unpaired) electrons. The van der Waals surface area contributed by atoms with Crippen LogP contribution in [0.4, 0.5) is 0 Å². The second-order valence-corrected chi connectivity index (χ2v) is 8.53. The third kappa shape index (κ3) is 4.39. The highest BCUT2D eigenvalue weighted by Crippen LogP contribution is 2.39. The molecule has 166 valence electrons. The summed E-state index contributed by atoms with van der Waals surface area (Å²) in [5, 5.41) is 4.34. The molecule has 2 saturated heterocycles. The largest absolute Gasteiger partial charge is 0.379 e. The van der Waals surface area contributed by atoms with Gasteiger partial charge in [0.1, 0.15) is 0 Å². The minimum Gasteiger partial charge on any atom is -0.379 e. The van der Waals surface area contributed by atoms with Gasteiger partial charge in [0.25, 0.3) is 0 Å². The lowest BCUT2D eigenvalue weighted by atomic mass is 10.0. The number of nitrogens with one attached hydrogen (secondary N) is 1. The first-order chi connectivity index (χ1) is 15.8. The van der Waals surface area contributed by atoms with Crippen molar-refractivity contribution in [3.05, 3.63) is 78.6 Å². The molecule has 2 aliphatic heterocycles. The summed E-state index contributed by atoms with van der Waals surface area (Å²) in [6.07, 6.45) is 8.67. The third-order valence-electron chi connectivity index (χ3n) is 6.18. The van der Waals surface area contributed by atoms with Crippen LogP contribution in [-0.4, -0.2) is 68.8 Å². The zero-order valence-electron chi connectivity index (χ0n) is 18.0. The molecule has 0 aliphatic carbocycles. The van der Waals surface area contributed by atoms with Crippen LogP contribution in [0.25, 0.3) is 5.69 Å². The summed E-state index contributed by atoms with van der Waals surface area (Å²) in [6, 6.07) is 14.4. The Morgan fingerprint density at radius 2 is 1.94 bits per heavy atom. The molecule has 8 heteroatoms. The quantitative estimate of drug-likeness (QED) is 0.558. The highest BCUT2D eigenvalue weighted by Gasteiger charge is 2.41. The maximum atomic E-state index is 5.83. The monoisotopic (exact) mass is 448 g/mol. The van der Waals surface area contributed by atoms with Crippen LogP contribution in [0.15, 0.2) is 67.3 Å². The number of thiocarbonyl (C=S) groups is 1. The van der Waals surface area contributed by atoms with Gasteiger partial charge in [-0.2, -0.15) is 0 Å². The van der Waals surface area contributed by atoms with E-state index in [1.165, 1.54) is 5.69 Å². The summed E-state index contributed by atoms with van der Waals surface area (Å²) >= 11 is 5.83. The lowest BCUT2D eigenvalue weighted by Gasteiger charge is -2.31. The number of pyridine rings is 2. The molecular weight excluding hydrogens is 420 g/mol. The molecule has 3 aromatic heterocycles. The Labute approximate surface area is 194 Å². The Morgan fingerprint density at radius 1 is 1.03 bits per heavy atom. The van der Waals surface area contributed by atoms with E-state index in [4.69, 9.17) is 17.0 Å². The van der Waals surface area contributed by atoms with E-state index in [-0.39, 0.29) is 12.1 Å². The minimum atomic E-state index is -0.0163. The second-order valence-electron chi connectivity index (χ2n) is 8.14. The van der Waals surface area contributed by atoms with Crippen LogP contribution in [0.1, 0.15) is 29.9 Å². The van der Waals surface area contributed by atoms with Gasteiger partial charge in [0.15, 0.2) is 5.11 Å². The van der Waals surface area contributed by atoms with Crippen molar-refractivity contribution < 1.29 is 4.74 Å². The summed E-state index contributed by atoms with van der Waals surface area (Å²) in [6.45, 7) is 5.60. The molecule has 2 fully saturated rings. The van der Waals surface area contributed by atoms with Crippen molar-refractivity contribution >= 4 is 17.3 Å². The number of ether oxygens (including phenoxy) is 1. The molecule has 3 aromatic rings. The molecule has 0 saturated carbocycles. The van der Waals surface area contributed by atoms with Crippen LogP contribution >= 0.6 is 12.2 Å². The third-order valence-corrected chi connectivity index (χ3v) is 6.53. The topological polar surface area (TPSA) is 58.5 Å². The molecule has 7 nitrogen and oxygen atoms in total. The Morgan fingerprint density at radius 3 is 2.72 bits per heavy atom.